The molecule has 0 atom stereocenters. The number of nitrogens with one attached hydrogen (secondary N) is 1. The standard InChI is InChI=1S/C14H28N2O2/c1-11(2)16-8-5-13(6-9-16)14(17)15-7-10-18-12(3)4/h11-13H,5-10H2,1-4H3,(H,15,17). The average Bonchev–Trinajstić information content (AvgIpc) is 2.34. The van der Waals surface area contributed by atoms with Crippen LogP contribution in [0.2, 0.25) is 0 Å². The lowest BCUT2D eigenvalue weighted by Gasteiger charge is -2.33. The molecule has 106 valence electrons. The highest BCUT2D eigenvalue weighted by Crippen LogP contribution is 2.18. The number of nitrogens with zero attached hydrogens (tertiary/aromatic N) is 1. The third-order valence-electron chi connectivity index (χ3n) is 3.48. The maximum atomic E-state index is 11.9. The van der Waals surface area contributed by atoms with Gasteiger partial charge in [-0.25, -0.2) is 0 Å². The number of rotatable bonds is 6. The van der Waals surface area contributed by atoms with Crippen LogP contribution in [-0.4, -0.2) is 49.2 Å². The van der Waals surface area contributed by atoms with Crippen LogP contribution < -0.4 is 5.32 Å². The number of ether oxygens (including phenoxy) is 1. The van der Waals surface area contributed by atoms with Gasteiger partial charge in [-0.2, -0.15) is 0 Å². The summed E-state index contributed by atoms with van der Waals surface area (Å²) >= 11 is 0. The minimum Gasteiger partial charge on any atom is -0.377 e. The number of piperidine rings is 1. The zero-order valence-corrected chi connectivity index (χ0v) is 12.2. The minimum absolute atomic E-state index is 0.194. The highest BCUT2D eigenvalue weighted by atomic mass is 16.5. The van der Waals surface area contributed by atoms with Crippen molar-refractivity contribution in [2.24, 2.45) is 5.92 Å². The van der Waals surface area contributed by atoms with Crippen LogP contribution in [0.3, 0.4) is 0 Å². The molecule has 1 aliphatic heterocycles. The predicted octanol–water partition coefficient (Wildman–Crippen LogP) is 1.65. The summed E-state index contributed by atoms with van der Waals surface area (Å²) in [7, 11) is 0. The Morgan fingerprint density at radius 2 is 1.89 bits per heavy atom. The largest absolute Gasteiger partial charge is 0.377 e. The van der Waals surface area contributed by atoms with E-state index in [2.05, 4.69) is 24.1 Å². The van der Waals surface area contributed by atoms with Crippen LogP contribution in [0.1, 0.15) is 40.5 Å². The molecule has 4 nitrogen and oxygen atoms in total. The Morgan fingerprint density at radius 3 is 2.39 bits per heavy atom. The molecule has 0 saturated carbocycles. The second kappa shape index (κ2) is 7.74. The zero-order chi connectivity index (χ0) is 13.5. The van der Waals surface area contributed by atoms with Gasteiger partial charge in [0.05, 0.1) is 12.7 Å². The molecule has 18 heavy (non-hydrogen) atoms. The van der Waals surface area contributed by atoms with Crippen molar-refractivity contribution in [3.63, 3.8) is 0 Å². The monoisotopic (exact) mass is 256 g/mol. The van der Waals surface area contributed by atoms with Gasteiger partial charge < -0.3 is 15.0 Å². The van der Waals surface area contributed by atoms with Crippen molar-refractivity contribution in [1.82, 2.24) is 10.2 Å². The van der Waals surface area contributed by atoms with Crippen molar-refractivity contribution < 1.29 is 9.53 Å². The molecule has 0 aromatic heterocycles. The summed E-state index contributed by atoms with van der Waals surface area (Å²) < 4.78 is 5.41. The van der Waals surface area contributed by atoms with Gasteiger partial charge in [0, 0.05) is 18.5 Å². The molecular weight excluding hydrogens is 228 g/mol. The second-order valence-corrected chi connectivity index (χ2v) is 5.61. The predicted molar refractivity (Wildman–Crippen MR) is 73.5 cm³/mol. The molecule has 1 rings (SSSR count). The lowest BCUT2D eigenvalue weighted by Crippen LogP contribution is -2.43. The van der Waals surface area contributed by atoms with E-state index in [1.165, 1.54) is 0 Å². The summed E-state index contributed by atoms with van der Waals surface area (Å²) in [6.07, 6.45) is 2.19. The number of amides is 1. The van der Waals surface area contributed by atoms with Crippen molar-refractivity contribution in [1.29, 1.82) is 0 Å². The fourth-order valence-electron chi connectivity index (χ4n) is 2.29. The first-order valence-corrected chi connectivity index (χ1v) is 7.14. The summed E-state index contributed by atoms with van der Waals surface area (Å²) in [6, 6.07) is 0.591. The highest BCUT2D eigenvalue weighted by Gasteiger charge is 2.25. The van der Waals surface area contributed by atoms with E-state index in [0.29, 0.717) is 19.2 Å². The molecule has 1 amide bonds. The molecule has 0 radical (unpaired) electrons. The molecule has 0 aliphatic carbocycles. The Morgan fingerprint density at radius 1 is 1.28 bits per heavy atom. The van der Waals surface area contributed by atoms with Gasteiger partial charge in [-0.3, -0.25) is 4.79 Å². The SMILES string of the molecule is CC(C)OCCNC(=O)C1CCN(C(C)C)CC1. The third kappa shape index (κ3) is 5.36. The molecule has 1 heterocycles. The van der Waals surface area contributed by atoms with Crippen molar-refractivity contribution >= 4 is 5.91 Å². The molecule has 1 N–H and O–H groups in total. The lowest BCUT2D eigenvalue weighted by molar-refractivity contribution is -0.126. The first kappa shape index (κ1) is 15.4. The van der Waals surface area contributed by atoms with Gasteiger partial charge in [0.2, 0.25) is 5.91 Å². The average molecular weight is 256 g/mol. The summed E-state index contributed by atoms with van der Waals surface area (Å²) in [5.74, 6) is 0.393. The second-order valence-electron chi connectivity index (χ2n) is 5.61. The molecule has 0 unspecified atom stereocenters. The minimum atomic E-state index is 0.194. The quantitative estimate of drug-likeness (QED) is 0.735. The van der Waals surface area contributed by atoms with Gasteiger partial charge in [0.25, 0.3) is 0 Å². The van der Waals surface area contributed by atoms with E-state index in [-0.39, 0.29) is 17.9 Å². The normalized spacial score (nSPS) is 18.6. The zero-order valence-electron chi connectivity index (χ0n) is 12.2. The first-order chi connectivity index (χ1) is 8.50. The van der Waals surface area contributed by atoms with E-state index in [9.17, 15) is 4.79 Å². The van der Waals surface area contributed by atoms with Crippen molar-refractivity contribution in [3.8, 4) is 0 Å². The number of carbonyl (C=O) groups is 1. The molecule has 0 aromatic rings. The topological polar surface area (TPSA) is 41.6 Å². The number of hydrogen-bond acceptors (Lipinski definition) is 3. The van der Waals surface area contributed by atoms with Crippen LogP contribution in [0.5, 0.6) is 0 Å². The van der Waals surface area contributed by atoms with Gasteiger partial charge >= 0.3 is 0 Å². The summed E-state index contributed by atoms with van der Waals surface area (Å²) in [5, 5.41) is 2.97. The molecule has 1 aliphatic rings. The van der Waals surface area contributed by atoms with E-state index in [1.54, 1.807) is 0 Å². The van der Waals surface area contributed by atoms with Gasteiger partial charge in [-0.15, -0.1) is 0 Å². The molecule has 0 aromatic carbocycles. The smallest absolute Gasteiger partial charge is 0.223 e. The number of carbonyl (C=O) groups excluding carboxylic acids is 1. The molecule has 1 fully saturated rings. The van der Waals surface area contributed by atoms with Crippen LogP contribution >= 0.6 is 0 Å². The van der Waals surface area contributed by atoms with E-state index in [4.69, 9.17) is 4.74 Å². The Kier molecular flexibility index (Phi) is 6.65. The molecule has 1 saturated heterocycles. The van der Waals surface area contributed by atoms with Gasteiger partial charge in [-0.1, -0.05) is 0 Å². The number of hydrogen-bond donors (Lipinski definition) is 1. The Bertz CT molecular complexity index is 246. The van der Waals surface area contributed by atoms with E-state index in [1.807, 2.05) is 13.8 Å². The highest BCUT2D eigenvalue weighted by molar-refractivity contribution is 5.78. The summed E-state index contributed by atoms with van der Waals surface area (Å²) in [4.78, 5) is 14.4. The van der Waals surface area contributed by atoms with E-state index in [0.717, 1.165) is 25.9 Å². The molecule has 4 heteroatoms. The third-order valence-corrected chi connectivity index (χ3v) is 3.48. The molecule has 0 bridgehead atoms. The fourth-order valence-corrected chi connectivity index (χ4v) is 2.29. The van der Waals surface area contributed by atoms with Crippen LogP contribution in [0, 0.1) is 5.92 Å². The maximum absolute atomic E-state index is 11.9. The van der Waals surface area contributed by atoms with Crippen LogP contribution in [0.4, 0.5) is 0 Å². The number of likely N-dealkylation sites (tertiary alicyclic amines) is 1. The van der Waals surface area contributed by atoms with Crippen molar-refractivity contribution in [2.75, 3.05) is 26.2 Å². The Hall–Kier alpha value is -0.610. The first-order valence-electron chi connectivity index (χ1n) is 7.14. The van der Waals surface area contributed by atoms with Crippen LogP contribution in [0.15, 0.2) is 0 Å². The Balaban J connectivity index is 2.16. The van der Waals surface area contributed by atoms with Gasteiger partial charge in [0.15, 0.2) is 0 Å². The van der Waals surface area contributed by atoms with Crippen molar-refractivity contribution in [3.05, 3.63) is 0 Å². The van der Waals surface area contributed by atoms with Gasteiger partial charge in [-0.05, 0) is 53.6 Å². The van der Waals surface area contributed by atoms with Crippen LogP contribution in [-0.2, 0) is 9.53 Å². The van der Waals surface area contributed by atoms with Gasteiger partial charge in [0.1, 0.15) is 0 Å². The van der Waals surface area contributed by atoms with Crippen LogP contribution in [0.25, 0.3) is 0 Å². The molecular formula is C14H28N2O2. The maximum Gasteiger partial charge on any atom is 0.223 e. The Labute approximate surface area is 111 Å². The molecule has 0 spiro atoms. The van der Waals surface area contributed by atoms with Crippen molar-refractivity contribution in [2.45, 2.75) is 52.7 Å². The summed E-state index contributed by atoms with van der Waals surface area (Å²) in [6.45, 7) is 11.7. The van der Waals surface area contributed by atoms with E-state index < -0.39 is 0 Å². The summed E-state index contributed by atoms with van der Waals surface area (Å²) in [5.41, 5.74) is 0. The lowest BCUT2D eigenvalue weighted by atomic mass is 9.95. The van der Waals surface area contributed by atoms with E-state index >= 15 is 0 Å². The fraction of sp³-hybridized carbons (Fsp3) is 0.929.